The van der Waals surface area contributed by atoms with Crippen LogP contribution in [0.3, 0.4) is 0 Å². The first kappa shape index (κ1) is 24.8. The zero-order valence-corrected chi connectivity index (χ0v) is 22.4. The first-order valence-electron chi connectivity index (χ1n) is 12.3. The molecule has 0 atom stereocenters. The molecular weight excluding hydrogens is 530 g/mol. The topological polar surface area (TPSA) is 80.2 Å². The molecule has 196 valence electrons. The molecule has 0 spiro atoms. The molecule has 3 aliphatic heterocycles. The number of hydrogen-bond donors (Lipinski definition) is 1. The van der Waals surface area contributed by atoms with Crippen LogP contribution in [0.4, 0.5) is 33.2 Å². The van der Waals surface area contributed by atoms with Gasteiger partial charge in [-0.05, 0) is 43.8 Å². The fourth-order valence-electron chi connectivity index (χ4n) is 5.10. The van der Waals surface area contributed by atoms with Gasteiger partial charge >= 0.3 is 0 Å². The van der Waals surface area contributed by atoms with Crippen molar-refractivity contribution in [2.75, 3.05) is 66.3 Å². The van der Waals surface area contributed by atoms with E-state index >= 15 is 0 Å². The lowest BCUT2D eigenvalue weighted by Gasteiger charge is -2.35. The van der Waals surface area contributed by atoms with Crippen molar-refractivity contribution >= 4 is 63.9 Å². The normalized spacial score (nSPS) is 17.4. The van der Waals surface area contributed by atoms with Crippen LogP contribution in [0.1, 0.15) is 15.9 Å². The smallest absolute Gasteiger partial charge is 0.270 e. The van der Waals surface area contributed by atoms with Crippen LogP contribution in [0.2, 0.25) is 10.0 Å². The molecule has 1 saturated heterocycles. The lowest BCUT2D eigenvalue weighted by Crippen LogP contribution is -2.51. The predicted octanol–water partition coefficient (Wildman–Crippen LogP) is 4.56. The van der Waals surface area contributed by atoms with Crippen LogP contribution >= 0.6 is 23.2 Å². The number of guanidine groups is 1. The highest BCUT2D eigenvalue weighted by molar-refractivity contribution is 6.38. The molecule has 3 aromatic rings. The minimum Gasteiger partial charge on any atom is -0.368 e. The second-order valence-electron chi connectivity index (χ2n) is 9.51. The Labute approximate surface area is 229 Å². The zero-order chi connectivity index (χ0) is 26.6. The Morgan fingerprint density at radius 2 is 1.82 bits per heavy atom. The summed E-state index contributed by atoms with van der Waals surface area (Å²) in [6.45, 7) is 6.76. The maximum absolute atomic E-state index is 14.8. The van der Waals surface area contributed by atoms with Crippen LogP contribution in [0, 0.1) is 12.7 Å². The average Bonchev–Trinajstić information content (AvgIpc) is 3.36. The highest BCUT2D eigenvalue weighted by atomic mass is 35.5. The Morgan fingerprint density at radius 3 is 2.55 bits per heavy atom. The molecular formula is C26H25Cl2FN8O. The molecule has 9 nitrogen and oxygen atoms in total. The number of piperazine rings is 1. The van der Waals surface area contributed by atoms with Gasteiger partial charge in [0.1, 0.15) is 17.1 Å². The lowest BCUT2D eigenvalue weighted by molar-refractivity contribution is 0.0999. The summed E-state index contributed by atoms with van der Waals surface area (Å²) < 4.78 is 14.8. The van der Waals surface area contributed by atoms with Crippen molar-refractivity contribution in [1.29, 1.82) is 0 Å². The molecule has 1 fully saturated rings. The number of nitrogens with zero attached hydrogens (tertiary/aromatic N) is 7. The molecule has 1 aromatic heterocycles. The summed E-state index contributed by atoms with van der Waals surface area (Å²) >= 11 is 13.0. The van der Waals surface area contributed by atoms with E-state index < -0.39 is 11.7 Å². The number of amides is 1. The zero-order valence-electron chi connectivity index (χ0n) is 20.9. The second kappa shape index (κ2) is 9.68. The van der Waals surface area contributed by atoms with Gasteiger partial charge in [-0.2, -0.15) is 4.98 Å². The highest BCUT2D eigenvalue weighted by Crippen LogP contribution is 2.38. The van der Waals surface area contributed by atoms with Crippen LogP contribution in [0.15, 0.2) is 41.5 Å². The summed E-state index contributed by atoms with van der Waals surface area (Å²) in [5, 5.41) is 3.99. The van der Waals surface area contributed by atoms with Gasteiger partial charge in [0.2, 0.25) is 11.9 Å². The molecule has 6 rings (SSSR count). The number of rotatable bonds is 4. The van der Waals surface area contributed by atoms with E-state index in [9.17, 15) is 9.18 Å². The minimum absolute atomic E-state index is 0.0387. The minimum atomic E-state index is -0.615. The van der Waals surface area contributed by atoms with Crippen molar-refractivity contribution in [2.45, 2.75) is 6.92 Å². The fourth-order valence-corrected chi connectivity index (χ4v) is 5.73. The molecule has 4 heterocycles. The molecule has 2 aromatic carbocycles. The van der Waals surface area contributed by atoms with Gasteiger partial charge in [0.25, 0.3) is 5.91 Å². The van der Waals surface area contributed by atoms with Crippen molar-refractivity contribution in [2.24, 2.45) is 4.99 Å². The molecule has 12 heteroatoms. The number of likely N-dealkylation sites (N-methyl/N-ethyl adjacent to an activating group) is 1. The number of carbonyl (C=O) groups is 1. The van der Waals surface area contributed by atoms with E-state index in [2.05, 4.69) is 37.1 Å². The standard InChI is InChI=1S/C26H25Cl2FN8O/c1-15-12-16(13-19(28)21(15)35-10-8-34(2)9-11-35)32-25-31-14-17-23(33-25)36-7-6-30-26(36)37(24(17)38)22-18(27)4-3-5-20(22)29/h3-5,12-14H,6-11H2,1-2H3,(H,31,32,33). The average molecular weight is 555 g/mol. The number of hydrogen-bond acceptors (Lipinski definition) is 8. The Balaban J connectivity index is 1.31. The number of para-hydroxylation sites is 1. The second-order valence-corrected chi connectivity index (χ2v) is 10.3. The molecule has 38 heavy (non-hydrogen) atoms. The molecule has 0 radical (unpaired) electrons. The third-order valence-electron chi connectivity index (χ3n) is 6.97. The summed E-state index contributed by atoms with van der Waals surface area (Å²) in [6.07, 6.45) is 1.44. The van der Waals surface area contributed by atoms with Crippen molar-refractivity contribution < 1.29 is 9.18 Å². The maximum Gasteiger partial charge on any atom is 0.270 e. The Kier molecular flexibility index (Phi) is 6.33. The summed E-state index contributed by atoms with van der Waals surface area (Å²) in [5.74, 6) is -0.108. The summed E-state index contributed by atoms with van der Waals surface area (Å²) in [5.41, 5.74) is 3.01. The van der Waals surface area contributed by atoms with E-state index in [-0.39, 0.29) is 22.2 Å². The molecule has 0 bridgehead atoms. The van der Waals surface area contributed by atoms with Crippen LogP contribution < -0.4 is 20.0 Å². The third-order valence-corrected chi connectivity index (χ3v) is 7.56. The van der Waals surface area contributed by atoms with Crippen LogP contribution in [0.25, 0.3) is 0 Å². The molecule has 0 aliphatic carbocycles. The quantitative estimate of drug-likeness (QED) is 0.506. The van der Waals surface area contributed by atoms with Crippen LogP contribution in [-0.2, 0) is 0 Å². The van der Waals surface area contributed by atoms with Gasteiger partial charge in [-0.1, -0.05) is 29.3 Å². The number of aromatic nitrogens is 2. The molecule has 0 saturated carbocycles. The first-order chi connectivity index (χ1) is 18.3. The monoisotopic (exact) mass is 554 g/mol. The largest absolute Gasteiger partial charge is 0.368 e. The number of nitrogens with one attached hydrogen (secondary N) is 1. The van der Waals surface area contributed by atoms with E-state index in [4.69, 9.17) is 23.2 Å². The van der Waals surface area contributed by atoms with Gasteiger partial charge in [-0.25, -0.2) is 14.3 Å². The molecule has 1 N–H and O–H groups in total. The fraction of sp³-hybridized carbons (Fsp3) is 0.308. The number of anilines is 5. The number of carbonyl (C=O) groups excluding carboxylic acids is 1. The Hall–Kier alpha value is -3.47. The van der Waals surface area contributed by atoms with E-state index in [0.717, 1.165) is 43.1 Å². The van der Waals surface area contributed by atoms with Gasteiger partial charge in [-0.3, -0.25) is 14.7 Å². The van der Waals surface area contributed by atoms with Crippen molar-refractivity contribution in [1.82, 2.24) is 14.9 Å². The van der Waals surface area contributed by atoms with E-state index in [1.54, 1.807) is 4.90 Å². The molecule has 0 unspecified atom stereocenters. The van der Waals surface area contributed by atoms with E-state index in [1.165, 1.54) is 29.3 Å². The van der Waals surface area contributed by atoms with Gasteiger partial charge in [0.05, 0.1) is 22.3 Å². The highest BCUT2D eigenvalue weighted by Gasteiger charge is 2.41. The van der Waals surface area contributed by atoms with Gasteiger partial charge in [0.15, 0.2) is 5.82 Å². The van der Waals surface area contributed by atoms with Gasteiger partial charge in [-0.15, -0.1) is 0 Å². The van der Waals surface area contributed by atoms with Crippen molar-refractivity contribution in [3.05, 3.63) is 63.5 Å². The number of benzene rings is 2. The number of aliphatic imine (C=N–C) groups is 1. The molecule has 1 amide bonds. The van der Waals surface area contributed by atoms with E-state index in [1.807, 2.05) is 19.1 Å². The summed E-state index contributed by atoms with van der Waals surface area (Å²) in [4.78, 5) is 34.6. The Bertz CT molecular complexity index is 1430. The third kappa shape index (κ3) is 4.22. The maximum atomic E-state index is 14.8. The van der Waals surface area contributed by atoms with Crippen molar-refractivity contribution in [3.63, 3.8) is 0 Å². The lowest BCUT2D eigenvalue weighted by atomic mass is 10.1. The van der Waals surface area contributed by atoms with E-state index in [0.29, 0.717) is 29.9 Å². The SMILES string of the molecule is Cc1cc(Nc2ncc3c(n2)N2CCN=C2N(c2c(F)cccc2Cl)C3=O)cc(Cl)c1N1CCN(C)CC1. The van der Waals surface area contributed by atoms with Crippen LogP contribution in [-0.4, -0.2) is 73.1 Å². The molecule has 3 aliphatic rings. The van der Waals surface area contributed by atoms with Gasteiger partial charge in [0, 0.05) is 44.6 Å². The van der Waals surface area contributed by atoms with Gasteiger partial charge < -0.3 is 15.1 Å². The first-order valence-corrected chi connectivity index (χ1v) is 13.1. The van der Waals surface area contributed by atoms with Crippen molar-refractivity contribution in [3.8, 4) is 0 Å². The number of aryl methyl sites for hydroxylation is 1. The number of fused-ring (bicyclic) bond motifs is 3. The van der Waals surface area contributed by atoms with Crippen LogP contribution in [0.5, 0.6) is 0 Å². The summed E-state index contributed by atoms with van der Waals surface area (Å²) in [6, 6.07) is 8.16. The predicted molar refractivity (Wildman–Crippen MR) is 149 cm³/mol. The number of halogens is 3. The summed E-state index contributed by atoms with van der Waals surface area (Å²) in [7, 11) is 2.12. The Morgan fingerprint density at radius 1 is 1.03 bits per heavy atom.